The molecule has 3 aromatic rings. The van der Waals surface area contributed by atoms with Crippen molar-refractivity contribution < 1.29 is 4.39 Å². The first-order valence-electron chi connectivity index (χ1n) is 6.91. The van der Waals surface area contributed by atoms with Gasteiger partial charge in [-0.3, -0.25) is 0 Å². The highest BCUT2D eigenvalue weighted by Gasteiger charge is 2.05. The minimum atomic E-state index is -0.279. The first kappa shape index (κ1) is 15.2. The summed E-state index contributed by atoms with van der Waals surface area (Å²) in [6.45, 7) is 0.268. The fourth-order valence-electron chi connectivity index (χ4n) is 1.96. The van der Waals surface area contributed by atoms with E-state index in [1.54, 1.807) is 24.3 Å². The van der Waals surface area contributed by atoms with E-state index in [2.05, 4.69) is 25.8 Å². The summed E-state index contributed by atoms with van der Waals surface area (Å²) in [4.78, 5) is 4.28. The van der Waals surface area contributed by atoms with Crippen molar-refractivity contribution in [2.24, 2.45) is 0 Å². The Kier molecular flexibility index (Phi) is 4.63. The van der Waals surface area contributed by atoms with Crippen molar-refractivity contribution in [3.8, 4) is 0 Å². The van der Waals surface area contributed by atoms with Crippen molar-refractivity contribution in [1.82, 2.24) is 15.2 Å². The van der Waals surface area contributed by atoms with E-state index in [9.17, 15) is 4.39 Å². The first-order valence-corrected chi connectivity index (χ1v) is 7.29. The molecule has 0 atom stereocenters. The molecule has 0 aliphatic heterocycles. The normalized spacial score (nSPS) is 10.3. The lowest BCUT2D eigenvalue weighted by Gasteiger charge is -2.09. The molecule has 5 nitrogen and oxygen atoms in total. The van der Waals surface area contributed by atoms with Gasteiger partial charge >= 0.3 is 0 Å². The summed E-state index contributed by atoms with van der Waals surface area (Å²) >= 11 is 6.09. The molecule has 0 spiro atoms. The topological polar surface area (TPSA) is 62.7 Å². The summed E-state index contributed by atoms with van der Waals surface area (Å²) in [5.74, 6) is 0.507. The summed E-state index contributed by atoms with van der Waals surface area (Å²) in [6, 6.07) is 13.8. The zero-order chi connectivity index (χ0) is 16.1. The van der Waals surface area contributed by atoms with Crippen molar-refractivity contribution in [3.05, 3.63) is 71.1 Å². The van der Waals surface area contributed by atoms with E-state index in [-0.39, 0.29) is 12.4 Å². The third-order valence-corrected chi connectivity index (χ3v) is 3.42. The summed E-state index contributed by atoms with van der Waals surface area (Å²) in [5, 5.41) is 14.3. The number of hydrogen-bond donors (Lipinski definition) is 2. The molecule has 1 heterocycles. The van der Waals surface area contributed by atoms with Gasteiger partial charge in [0, 0.05) is 12.1 Å². The summed E-state index contributed by atoms with van der Waals surface area (Å²) in [5.41, 5.74) is 1.25. The Hall–Kier alpha value is -2.73. The van der Waals surface area contributed by atoms with Crippen LogP contribution in [-0.2, 0) is 6.54 Å². The van der Waals surface area contributed by atoms with E-state index in [0.717, 1.165) is 5.69 Å². The van der Waals surface area contributed by atoms with Gasteiger partial charge in [0.1, 0.15) is 5.82 Å². The van der Waals surface area contributed by atoms with Gasteiger partial charge in [0.15, 0.2) is 5.82 Å². The van der Waals surface area contributed by atoms with Crippen LogP contribution in [0.1, 0.15) is 5.56 Å². The van der Waals surface area contributed by atoms with Crippen molar-refractivity contribution in [3.63, 3.8) is 0 Å². The number of benzene rings is 2. The number of para-hydroxylation sites is 1. The number of nitrogens with zero attached hydrogens (tertiary/aromatic N) is 3. The highest BCUT2D eigenvalue weighted by molar-refractivity contribution is 6.33. The zero-order valence-corrected chi connectivity index (χ0v) is 12.8. The molecule has 3 rings (SSSR count). The van der Waals surface area contributed by atoms with Crippen LogP contribution >= 0.6 is 11.6 Å². The van der Waals surface area contributed by atoms with Crippen LogP contribution in [-0.4, -0.2) is 15.2 Å². The second-order valence-corrected chi connectivity index (χ2v) is 5.12. The summed E-state index contributed by atoms with van der Waals surface area (Å²) < 4.78 is 13.6. The van der Waals surface area contributed by atoms with Gasteiger partial charge in [-0.2, -0.15) is 10.1 Å². The molecule has 0 fully saturated rings. The van der Waals surface area contributed by atoms with Crippen molar-refractivity contribution in [2.45, 2.75) is 6.54 Å². The lowest BCUT2D eigenvalue weighted by molar-refractivity contribution is 0.612. The molecule has 1 aromatic heterocycles. The van der Waals surface area contributed by atoms with Gasteiger partial charge in [-0.1, -0.05) is 41.9 Å². The SMILES string of the molecule is Fc1ccccc1CNc1nncc(Nc2ccccc2Cl)n1. The average molecular weight is 330 g/mol. The van der Waals surface area contributed by atoms with Gasteiger partial charge in [0.05, 0.1) is 16.9 Å². The number of hydrogen-bond acceptors (Lipinski definition) is 5. The van der Waals surface area contributed by atoms with Gasteiger partial charge in [0.2, 0.25) is 5.95 Å². The Bertz CT molecular complexity index is 812. The smallest absolute Gasteiger partial charge is 0.244 e. The molecule has 2 aromatic carbocycles. The Morgan fingerprint density at radius 3 is 2.65 bits per heavy atom. The van der Waals surface area contributed by atoms with Crippen molar-refractivity contribution in [1.29, 1.82) is 0 Å². The van der Waals surface area contributed by atoms with Crippen LogP contribution in [0.25, 0.3) is 0 Å². The summed E-state index contributed by atoms with van der Waals surface area (Å²) in [7, 11) is 0. The third kappa shape index (κ3) is 3.92. The predicted octanol–water partition coefficient (Wildman–Crippen LogP) is 4.02. The Balaban J connectivity index is 1.70. The number of nitrogens with one attached hydrogen (secondary N) is 2. The highest BCUT2D eigenvalue weighted by Crippen LogP contribution is 2.23. The molecule has 23 heavy (non-hydrogen) atoms. The molecule has 0 bridgehead atoms. The van der Waals surface area contributed by atoms with E-state index in [1.165, 1.54) is 12.3 Å². The van der Waals surface area contributed by atoms with Gasteiger partial charge < -0.3 is 10.6 Å². The monoisotopic (exact) mass is 329 g/mol. The predicted molar refractivity (Wildman–Crippen MR) is 88.3 cm³/mol. The molecule has 0 saturated heterocycles. The molecule has 0 unspecified atom stereocenters. The quantitative estimate of drug-likeness (QED) is 0.740. The van der Waals surface area contributed by atoms with Crippen molar-refractivity contribution >= 4 is 29.1 Å². The molecule has 0 amide bonds. The van der Waals surface area contributed by atoms with Crippen LogP contribution in [0, 0.1) is 5.82 Å². The number of rotatable bonds is 5. The van der Waals surface area contributed by atoms with Crippen LogP contribution in [0.2, 0.25) is 5.02 Å². The molecule has 0 saturated carbocycles. The number of halogens is 2. The molecule has 116 valence electrons. The van der Waals surface area contributed by atoms with Crippen LogP contribution in [0.15, 0.2) is 54.7 Å². The molecule has 0 aliphatic rings. The van der Waals surface area contributed by atoms with Crippen molar-refractivity contribution in [2.75, 3.05) is 10.6 Å². The van der Waals surface area contributed by atoms with Crippen LogP contribution in [0.3, 0.4) is 0 Å². The maximum absolute atomic E-state index is 13.6. The first-order chi connectivity index (χ1) is 11.2. The second kappa shape index (κ2) is 7.02. The molecule has 0 aliphatic carbocycles. The van der Waals surface area contributed by atoms with E-state index in [1.807, 2.05) is 18.2 Å². The number of anilines is 3. The van der Waals surface area contributed by atoms with Gasteiger partial charge in [-0.25, -0.2) is 4.39 Å². The lowest BCUT2D eigenvalue weighted by Crippen LogP contribution is -2.07. The van der Waals surface area contributed by atoms with Gasteiger partial charge in [0.25, 0.3) is 0 Å². The van der Waals surface area contributed by atoms with Crippen LogP contribution in [0.5, 0.6) is 0 Å². The second-order valence-electron chi connectivity index (χ2n) is 4.72. The largest absolute Gasteiger partial charge is 0.349 e. The molecule has 2 N–H and O–H groups in total. The Labute approximate surface area is 137 Å². The van der Waals surface area contributed by atoms with E-state index in [0.29, 0.717) is 22.4 Å². The number of aromatic nitrogens is 3. The molecule has 0 radical (unpaired) electrons. The van der Waals surface area contributed by atoms with E-state index >= 15 is 0 Å². The molecule has 7 heteroatoms. The molecular weight excluding hydrogens is 317 g/mol. The lowest BCUT2D eigenvalue weighted by atomic mass is 10.2. The van der Waals surface area contributed by atoms with Gasteiger partial charge in [-0.15, -0.1) is 5.10 Å². The zero-order valence-electron chi connectivity index (χ0n) is 12.0. The van der Waals surface area contributed by atoms with E-state index < -0.39 is 0 Å². The summed E-state index contributed by atoms with van der Waals surface area (Å²) in [6.07, 6.45) is 1.48. The molecular formula is C16H13ClFN5. The maximum atomic E-state index is 13.6. The minimum absolute atomic E-state index is 0.268. The fraction of sp³-hybridized carbons (Fsp3) is 0.0625. The maximum Gasteiger partial charge on any atom is 0.244 e. The van der Waals surface area contributed by atoms with Crippen LogP contribution < -0.4 is 10.6 Å². The van der Waals surface area contributed by atoms with Crippen LogP contribution in [0.4, 0.5) is 21.8 Å². The highest BCUT2D eigenvalue weighted by atomic mass is 35.5. The third-order valence-electron chi connectivity index (χ3n) is 3.09. The van der Waals surface area contributed by atoms with E-state index in [4.69, 9.17) is 11.6 Å². The minimum Gasteiger partial charge on any atom is -0.349 e. The standard InChI is InChI=1S/C16H13ClFN5/c17-12-6-2-4-8-14(12)21-15-10-20-23-16(22-15)19-9-11-5-1-3-7-13(11)18/h1-8,10H,9H2,(H2,19,21,22,23). The van der Waals surface area contributed by atoms with Gasteiger partial charge in [-0.05, 0) is 18.2 Å². The Morgan fingerprint density at radius 1 is 1.04 bits per heavy atom. The fourth-order valence-corrected chi connectivity index (χ4v) is 2.14. The average Bonchev–Trinajstić information content (AvgIpc) is 2.57. The Morgan fingerprint density at radius 2 is 1.83 bits per heavy atom.